The van der Waals surface area contributed by atoms with Crippen LogP contribution < -0.4 is 15.0 Å². The van der Waals surface area contributed by atoms with E-state index in [1.807, 2.05) is 45.9 Å². The van der Waals surface area contributed by atoms with Gasteiger partial charge in [-0.2, -0.15) is 0 Å². The highest BCUT2D eigenvalue weighted by molar-refractivity contribution is 7.16. The van der Waals surface area contributed by atoms with Gasteiger partial charge >= 0.3 is 6.09 Å². The summed E-state index contributed by atoms with van der Waals surface area (Å²) >= 11 is 1.62. The number of thiophene rings is 1. The predicted octanol–water partition coefficient (Wildman–Crippen LogP) is 5.32. The predicted molar refractivity (Wildman–Crippen MR) is 167 cm³/mol. The van der Waals surface area contributed by atoms with Crippen LogP contribution in [0, 0.1) is 6.92 Å². The lowest BCUT2D eigenvalue weighted by Crippen LogP contribution is -2.58. The van der Waals surface area contributed by atoms with Crippen LogP contribution in [0.1, 0.15) is 53.0 Å². The minimum Gasteiger partial charge on any atom is -0.490 e. The molecule has 42 heavy (non-hydrogen) atoms. The SMILES string of the molecule is Cc1ccc(OC2CCN(C(=O)OC(C)(C)C)CC2)cc1NC(=O)CN1CC(C)N(c2ncnc3sccc23)C(C)C1. The van der Waals surface area contributed by atoms with E-state index in [0.717, 1.165) is 53.2 Å². The Morgan fingerprint density at radius 3 is 2.48 bits per heavy atom. The molecule has 0 saturated carbocycles. The second kappa shape index (κ2) is 12.4. The summed E-state index contributed by atoms with van der Waals surface area (Å²) in [7, 11) is 0. The monoisotopic (exact) mass is 594 g/mol. The van der Waals surface area contributed by atoms with E-state index in [1.54, 1.807) is 22.6 Å². The number of piperazine rings is 1. The molecule has 226 valence electrons. The lowest BCUT2D eigenvalue weighted by atomic mass is 10.1. The molecule has 0 aliphatic carbocycles. The molecule has 1 N–H and O–H groups in total. The van der Waals surface area contributed by atoms with Crippen LogP contribution in [0.3, 0.4) is 0 Å². The molecule has 2 atom stereocenters. The number of ether oxygens (including phenoxy) is 2. The van der Waals surface area contributed by atoms with Crippen molar-refractivity contribution < 1.29 is 19.1 Å². The molecule has 0 bridgehead atoms. The molecule has 2 saturated heterocycles. The van der Waals surface area contributed by atoms with Gasteiger partial charge in [0, 0.05) is 62.9 Å². The first kappa shape index (κ1) is 30.0. The average Bonchev–Trinajstić information content (AvgIpc) is 3.39. The summed E-state index contributed by atoms with van der Waals surface area (Å²) in [4.78, 5) is 41.8. The Balaban J connectivity index is 1.14. The summed E-state index contributed by atoms with van der Waals surface area (Å²) in [5.74, 6) is 1.64. The van der Waals surface area contributed by atoms with Crippen molar-refractivity contribution >= 4 is 45.1 Å². The number of nitrogens with zero attached hydrogens (tertiary/aromatic N) is 5. The number of benzene rings is 1. The summed E-state index contributed by atoms with van der Waals surface area (Å²) in [5.41, 5.74) is 1.22. The second-order valence-corrected chi connectivity index (χ2v) is 13.3. The maximum absolute atomic E-state index is 13.2. The van der Waals surface area contributed by atoms with Crippen molar-refractivity contribution in [2.75, 3.05) is 42.9 Å². The molecule has 1 aromatic carbocycles. The van der Waals surface area contributed by atoms with Gasteiger partial charge < -0.3 is 24.6 Å². The zero-order valence-electron chi connectivity index (χ0n) is 25.4. The highest BCUT2D eigenvalue weighted by Gasteiger charge is 2.32. The van der Waals surface area contributed by atoms with Gasteiger partial charge in [-0.05, 0) is 64.6 Å². The third kappa shape index (κ3) is 7.12. The number of anilines is 2. The van der Waals surface area contributed by atoms with E-state index in [4.69, 9.17) is 9.47 Å². The Morgan fingerprint density at radius 2 is 1.79 bits per heavy atom. The summed E-state index contributed by atoms with van der Waals surface area (Å²) in [5, 5.41) is 6.24. The molecule has 0 spiro atoms. The summed E-state index contributed by atoms with van der Waals surface area (Å²) in [6, 6.07) is 8.28. The van der Waals surface area contributed by atoms with Crippen molar-refractivity contribution in [2.45, 2.75) is 78.2 Å². The fraction of sp³-hybridized carbons (Fsp3) is 0.548. The van der Waals surface area contributed by atoms with Gasteiger partial charge in [0.05, 0.1) is 11.9 Å². The number of amides is 2. The number of carbonyl (C=O) groups excluding carboxylic acids is 2. The molecule has 5 rings (SSSR count). The Morgan fingerprint density at radius 1 is 1.07 bits per heavy atom. The fourth-order valence-corrected chi connectivity index (χ4v) is 6.57. The second-order valence-electron chi connectivity index (χ2n) is 12.4. The van der Waals surface area contributed by atoms with Crippen LogP contribution in [0.4, 0.5) is 16.3 Å². The number of fused-ring (bicyclic) bond motifs is 1. The molecular weight excluding hydrogens is 552 g/mol. The number of hydrogen-bond acceptors (Lipinski definition) is 9. The van der Waals surface area contributed by atoms with E-state index < -0.39 is 5.60 Å². The van der Waals surface area contributed by atoms with Crippen molar-refractivity contribution in [1.29, 1.82) is 0 Å². The maximum Gasteiger partial charge on any atom is 0.410 e. The van der Waals surface area contributed by atoms with Crippen LogP contribution in [-0.2, 0) is 9.53 Å². The quantitative estimate of drug-likeness (QED) is 0.410. The third-order valence-corrected chi connectivity index (χ3v) is 8.55. The summed E-state index contributed by atoms with van der Waals surface area (Å²) < 4.78 is 11.8. The van der Waals surface area contributed by atoms with Gasteiger partial charge in [-0.15, -0.1) is 11.3 Å². The molecule has 2 fully saturated rings. The van der Waals surface area contributed by atoms with Crippen molar-refractivity contribution in [2.24, 2.45) is 0 Å². The number of aryl methyl sites for hydroxylation is 1. The number of likely N-dealkylation sites (tertiary alicyclic amines) is 1. The molecular formula is C31H42N6O4S. The number of piperidine rings is 1. The zero-order valence-corrected chi connectivity index (χ0v) is 26.2. The van der Waals surface area contributed by atoms with Gasteiger partial charge in [-0.25, -0.2) is 14.8 Å². The highest BCUT2D eigenvalue weighted by Crippen LogP contribution is 2.31. The van der Waals surface area contributed by atoms with Crippen LogP contribution in [0.5, 0.6) is 5.75 Å². The maximum atomic E-state index is 13.2. The molecule has 10 nitrogen and oxygen atoms in total. The fourth-order valence-electron chi connectivity index (χ4n) is 5.84. The smallest absolute Gasteiger partial charge is 0.410 e. The van der Waals surface area contributed by atoms with Crippen LogP contribution in [0.15, 0.2) is 36.0 Å². The molecule has 2 aliphatic heterocycles. The van der Waals surface area contributed by atoms with Gasteiger partial charge in [-0.1, -0.05) is 6.07 Å². The Hall–Kier alpha value is -3.44. The van der Waals surface area contributed by atoms with Gasteiger partial charge in [0.2, 0.25) is 5.91 Å². The average molecular weight is 595 g/mol. The highest BCUT2D eigenvalue weighted by atomic mass is 32.1. The molecule has 0 radical (unpaired) electrons. The first-order chi connectivity index (χ1) is 20.0. The molecule has 4 heterocycles. The number of nitrogens with one attached hydrogen (secondary N) is 1. The number of aromatic nitrogens is 2. The van der Waals surface area contributed by atoms with E-state index in [-0.39, 0.29) is 30.2 Å². The molecule has 2 unspecified atom stereocenters. The van der Waals surface area contributed by atoms with Crippen molar-refractivity contribution in [3.63, 3.8) is 0 Å². The first-order valence-corrected chi connectivity index (χ1v) is 15.6. The van der Waals surface area contributed by atoms with Gasteiger partial charge in [0.1, 0.15) is 34.4 Å². The first-order valence-electron chi connectivity index (χ1n) is 14.7. The Labute approximate surface area is 252 Å². The minimum absolute atomic E-state index is 0.000541. The van der Waals surface area contributed by atoms with Crippen molar-refractivity contribution in [3.05, 3.63) is 41.5 Å². The van der Waals surface area contributed by atoms with Crippen molar-refractivity contribution in [1.82, 2.24) is 19.8 Å². The van der Waals surface area contributed by atoms with E-state index in [9.17, 15) is 9.59 Å². The van der Waals surface area contributed by atoms with Crippen LogP contribution in [-0.4, -0.2) is 88.3 Å². The standard InChI is InChI=1S/C31H42N6O4S/c1-20-7-8-24(40-23-9-12-36(13-10-23)30(39)41-31(4,5)6)15-26(20)34-27(38)18-35-16-21(2)37(22(3)17-35)28-25-11-14-42-29(25)33-19-32-28/h7-8,11,14-15,19,21-23H,9-10,12-13,16-18H2,1-6H3,(H,34,38). The third-order valence-electron chi connectivity index (χ3n) is 7.73. The zero-order chi connectivity index (χ0) is 30.0. The molecule has 2 aromatic heterocycles. The van der Waals surface area contributed by atoms with E-state index in [1.165, 1.54) is 0 Å². The van der Waals surface area contributed by atoms with E-state index in [2.05, 4.69) is 50.4 Å². The van der Waals surface area contributed by atoms with Crippen molar-refractivity contribution in [3.8, 4) is 5.75 Å². The number of hydrogen-bond donors (Lipinski definition) is 1. The summed E-state index contributed by atoms with van der Waals surface area (Å²) in [6.07, 6.45) is 2.81. The normalized spacial score (nSPS) is 20.5. The molecule has 11 heteroatoms. The van der Waals surface area contributed by atoms with Gasteiger partial charge in [0.25, 0.3) is 0 Å². The summed E-state index contributed by atoms with van der Waals surface area (Å²) in [6.45, 7) is 15.0. The lowest BCUT2D eigenvalue weighted by Gasteiger charge is -2.45. The van der Waals surface area contributed by atoms with Gasteiger partial charge in [-0.3, -0.25) is 9.69 Å². The van der Waals surface area contributed by atoms with Crippen LogP contribution in [0.2, 0.25) is 0 Å². The molecule has 2 amide bonds. The number of carbonyl (C=O) groups is 2. The minimum atomic E-state index is -0.507. The molecule has 2 aliphatic rings. The van der Waals surface area contributed by atoms with E-state index in [0.29, 0.717) is 25.4 Å². The van der Waals surface area contributed by atoms with Gasteiger partial charge in [0.15, 0.2) is 0 Å². The Kier molecular flexibility index (Phi) is 8.89. The molecule has 3 aromatic rings. The largest absolute Gasteiger partial charge is 0.490 e. The lowest BCUT2D eigenvalue weighted by molar-refractivity contribution is -0.117. The van der Waals surface area contributed by atoms with Crippen LogP contribution in [0.25, 0.3) is 10.2 Å². The Bertz CT molecular complexity index is 1400. The van der Waals surface area contributed by atoms with E-state index >= 15 is 0 Å². The van der Waals surface area contributed by atoms with Crippen LogP contribution >= 0.6 is 11.3 Å². The number of rotatable bonds is 6. The topological polar surface area (TPSA) is 100 Å².